The van der Waals surface area contributed by atoms with E-state index < -0.39 is 0 Å². The fourth-order valence-electron chi connectivity index (χ4n) is 1.94. The summed E-state index contributed by atoms with van der Waals surface area (Å²) in [5, 5.41) is 0. The van der Waals surface area contributed by atoms with Gasteiger partial charge in [-0.25, -0.2) is 4.39 Å². The van der Waals surface area contributed by atoms with Crippen molar-refractivity contribution >= 4 is 5.69 Å². The Balaban J connectivity index is 2.95. The maximum Gasteiger partial charge on any atom is 0.167 e. The first-order valence-corrected chi connectivity index (χ1v) is 5.77. The SMILES string of the molecule is COc1ccc(N(C)C(CN)C(C)C)cc1F. The first kappa shape index (κ1) is 13.8. The predicted octanol–water partition coefficient (Wildman–Crippen LogP) is 2.25. The Bertz CT molecular complexity index is 368. The second-order valence-electron chi connectivity index (χ2n) is 4.48. The Morgan fingerprint density at radius 1 is 1.41 bits per heavy atom. The van der Waals surface area contributed by atoms with Crippen LogP contribution in [-0.2, 0) is 0 Å². The fraction of sp³-hybridized carbons (Fsp3) is 0.538. The van der Waals surface area contributed by atoms with E-state index in [1.54, 1.807) is 6.07 Å². The Labute approximate surface area is 102 Å². The molecular formula is C13H21FN2O. The van der Waals surface area contributed by atoms with E-state index in [1.165, 1.54) is 13.2 Å². The van der Waals surface area contributed by atoms with Gasteiger partial charge in [-0.15, -0.1) is 0 Å². The highest BCUT2D eigenvalue weighted by Crippen LogP contribution is 2.25. The van der Waals surface area contributed by atoms with Crippen LogP contribution in [0.3, 0.4) is 0 Å². The van der Waals surface area contributed by atoms with Gasteiger partial charge in [0.1, 0.15) is 0 Å². The summed E-state index contributed by atoms with van der Waals surface area (Å²) in [6.07, 6.45) is 0. The smallest absolute Gasteiger partial charge is 0.167 e. The van der Waals surface area contributed by atoms with Crippen molar-refractivity contribution in [3.05, 3.63) is 24.0 Å². The van der Waals surface area contributed by atoms with E-state index in [4.69, 9.17) is 10.5 Å². The van der Waals surface area contributed by atoms with Gasteiger partial charge in [0.15, 0.2) is 11.6 Å². The monoisotopic (exact) mass is 240 g/mol. The van der Waals surface area contributed by atoms with E-state index in [0.717, 1.165) is 5.69 Å². The molecule has 0 saturated heterocycles. The minimum absolute atomic E-state index is 0.197. The van der Waals surface area contributed by atoms with E-state index >= 15 is 0 Å². The number of nitrogens with zero attached hydrogens (tertiary/aromatic N) is 1. The van der Waals surface area contributed by atoms with Gasteiger partial charge in [-0.3, -0.25) is 0 Å². The van der Waals surface area contributed by atoms with Crippen molar-refractivity contribution in [1.82, 2.24) is 0 Å². The number of benzene rings is 1. The number of likely N-dealkylation sites (N-methyl/N-ethyl adjacent to an activating group) is 1. The zero-order chi connectivity index (χ0) is 13.0. The minimum Gasteiger partial charge on any atom is -0.494 e. The summed E-state index contributed by atoms with van der Waals surface area (Å²) >= 11 is 0. The van der Waals surface area contributed by atoms with Crippen molar-refractivity contribution in [2.24, 2.45) is 11.7 Å². The summed E-state index contributed by atoms with van der Waals surface area (Å²) < 4.78 is 18.5. The van der Waals surface area contributed by atoms with E-state index in [1.807, 2.05) is 18.0 Å². The third kappa shape index (κ3) is 3.09. The number of nitrogens with two attached hydrogens (primary N) is 1. The van der Waals surface area contributed by atoms with Gasteiger partial charge in [-0.05, 0) is 18.1 Å². The molecule has 4 heteroatoms. The van der Waals surface area contributed by atoms with Gasteiger partial charge in [0.25, 0.3) is 0 Å². The molecule has 0 aliphatic carbocycles. The van der Waals surface area contributed by atoms with Gasteiger partial charge < -0.3 is 15.4 Å². The van der Waals surface area contributed by atoms with Crippen LogP contribution in [0.25, 0.3) is 0 Å². The molecule has 0 aliphatic heterocycles. The normalized spacial score (nSPS) is 12.6. The number of rotatable bonds is 5. The van der Waals surface area contributed by atoms with Gasteiger partial charge in [0.05, 0.1) is 7.11 Å². The van der Waals surface area contributed by atoms with Crippen LogP contribution < -0.4 is 15.4 Å². The molecule has 1 rings (SSSR count). The molecule has 0 aliphatic rings. The van der Waals surface area contributed by atoms with Crippen LogP contribution in [0.2, 0.25) is 0 Å². The van der Waals surface area contributed by atoms with Crippen molar-refractivity contribution in [2.45, 2.75) is 19.9 Å². The van der Waals surface area contributed by atoms with Crippen LogP contribution in [0.1, 0.15) is 13.8 Å². The molecule has 1 aromatic rings. The van der Waals surface area contributed by atoms with Crippen molar-refractivity contribution in [3.8, 4) is 5.75 Å². The largest absolute Gasteiger partial charge is 0.494 e. The highest BCUT2D eigenvalue weighted by atomic mass is 19.1. The third-order valence-electron chi connectivity index (χ3n) is 3.05. The summed E-state index contributed by atoms with van der Waals surface area (Å²) in [7, 11) is 3.39. The van der Waals surface area contributed by atoms with Crippen molar-refractivity contribution in [3.63, 3.8) is 0 Å². The second-order valence-corrected chi connectivity index (χ2v) is 4.48. The summed E-state index contributed by atoms with van der Waals surface area (Å²) in [6, 6.07) is 5.15. The number of anilines is 1. The lowest BCUT2D eigenvalue weighted by molar-refractivity contribution is 0.386. The third-order valence-corrected chi connectivity index (χ3v) is 3.05. The lowest BCUT2D eigenvalue weighted by atomic mass is 10.0. The molecule has 17 heavy (non-hydrogen) atoms. The van der Waals surface area contributed by atoms with Crippen LogP contribution in [0.4, 0.5) is 10.1 Å². The minimum atomic E-state index is -0.351. The van der Waals surface area contributed by atoms with E-state index in [2.05, 4.69) is 13.8 Å². The predicted molar refractivity (Wildman–Crippen MR) is 69.0 cm³/mol. The van der Waals surface area contributed by atoms with Crippen molar-refractivity contribution < 1.29 is 9.13 Å². The van der Waals surface area contributed by atoms with Crippen molar-refractivity contribution in [2.75, 3.05) is 25.6 Å². The van der Waals surface area contributed by atoms with Gasteiger partial charge in [0, 0.05) is 31.4 Å². The lowest BCUT2D eigenvalue weighted by Gasteiger charge is -2.32. The van der Waals surface area contributed by atoms with E-state index in [9.17, 15) is 4.39 Å². The molecule has 0 fully saturated rings. The number of methoxy groups -OCH3 is 1. The van der Waals surface area contributed by atoms with Gasteiger partial charge in [-0.2, -0.15) is 0 Å². The molecule has 0 aromatic heterocycles. The molecule has 0 amide bonds. The number of halogens is 1. The molecule has 1 unspecified atom stereocenters. The second kappa shape index (κ2) is 5.87. The van der Waals surface area contributed by atoms with Gasteiger partial charge in [0.2, 0.25) is 0 Å². The van der Waals surface area contributed by atoms with Crippen LogP contribution in [-0.4, -0.2) is 26.7 Å². The molecule has 0 radical (unpaired) electrons. The van der Waals surface area contributed by atoms with E-state index in [-0.39, 0.29) is 17.6 Å². The maximum atomic E-state index is 13.6. The molecular weight excluding hydrogens is 219 g/mol. The number of hydrogen-bond donors (Lipinski definition) is 1. The molecule has 0 spiro atoms. The molecule has 1 atom stereocenters. The Kier molecular flexibility index (Phi) is 4.75. The Morgan fingerprint density at radius 2 is 2.06 bits per heavy atom. The quantitative estimate of drug-likeness (QED) is 0.858. The molecule has 0 bridgehead atoms. The highest BCUT2D eigenvalue weighted by Gasteiger charge is 2.18. The zero-order valence-electron chi connectivity index (χ0n) is 10.9. The van der Waals surface area contributed by atoms with Crippen LogP contribution in [0, 0.1) is 11.7 Å². The summed E-state index contributed by atoms with van der Waals surface area (Å²) in [4.78, 5) is 2.01. The average Bonchev–Trinajstić information content (AvgIpc) is 2.29. The fourth-order valence-corrected chi connectivity index (χ4v) is 1.94. The molecule has 0 saturated carbocycles. The number of ether oxygens (including phenoxy) is 1. The Morgan fingerprint density at radius 3 is 2.47 bits per heavy atom. The molecule has 96 valence electrons. The van der Waals surface area contributed by atoms with Crippen LogP contribution >= 0.6 is 0 Å². The Hall–Kier alpha value is -1.29. The first-order valence-electron chi connectivity index (χ1n) is 5.77. The average molecular weight is 240 g/mol. The summed E-state index contributed by atoms with van der Waals surface area (Å²) in [5.74, 6) is 0.322. The summed E-state index contributed by atoms with van der Waals surface area (Å²) in [5.41, 5.74) is 6.56. The summed E-state index contributed by atoms with van der Waals surface area (Å²) in [6.45, 7) is 4.75. The van der Waals surface area contributed by atoms with Gasteiger partial charge in [-0.1, -0.05) is 13.8 Å². The molecule has 0 heterocycles. The van der Waals surface area contributed by atoms with E-state index in [0.29, 0.717) is 12.5 Å². The van der Waals surface area contributed by atoms with Crippen LogP contribution in [0.5, 0.6) is 5.75 Å². The molecule has 2 N–H and O–H groups in total. The van der Waals surface area contributed by atoms with Crippen molar-refractivity contribution in [1.29, 1.82) is 0 Å². The van der Waals surface area contributed by atoms with Gasteiger partial charge >= 0.3 is 0 Å². The topological polar surface area (TPSA) is 38.5 Å². The van der Waals surface area contributed by atoms with Crippen LogP contribution in [0.15, 0.2) is 18.2 Å². The lowest BCUT2D eigenvalue weighted by Crippen LogP contribution is -2.41. The zero-order valence-corrected chi connectivity index (χ0v) is 10.9. The maximum absolute atomic E-state index is 13.6. The first-order chi connectivity index (χ1) is 8.01. The number of hydrogen-bond acceptors (Lipinski definition) is 3. The molecule has 1 aromatic carbocycles. The highest BCUT2D eigenvalue weighted by molar-refractivity contribution is 5.50. The molecule has 3 nitrogen and oxygen atoms in total. The standard InChI is InChI=1S/C13H21FN2O/c1-9(2)12(8-15)16(3)10-5-6-13(17-4)11(14)7-10/h5-7,9,12H,8,15H2,1-4H3.